The first-order valence-electron chi connectivity index (χ1n) is 41.5. The van der Waals surface area contributed by atoms with Gasteiger partial charge in [-0.2, -0.15) is 0 Å². The Hall–Kier alpha value is -2.29. The number of ether oxygens (including phenoxy) is 2. The van der Waals surface area contributed by atoms with Crippen molar-refractivity contribution in [2.24, 2.45) is 0 Å². The van der Waals surface area contributed by atoms with Crippen molar-refractivity contribution < 1.29 is 42.1 Å². The van der Waals surface area contributed by atoms with E-state index >= 15 is 0 Å². The fraction of sp³-hybridized carbons (Fsp3) is 0.859. The number of phosphoric ester groups is 1. The number of rotatable bonds is 78. The lowest BCUT2D eigenvalue weighted by Gasteiger charge is -2.28. The second-order valence-electron chi connectivity index (χ2n) is 29.5. The molecule has 0 heterocycles. The van der Waals surface area contributed by atoms with Crippen LogP contribution in [-0.4, -0.2) is 70.0 Å². The standard InChI is InChI=1S/C85H160NO8P/c1-6-8-10-12-14-16-18-20-22-24-26-28-30-32-34-36-38-39-40-41-42-43-44-45-46-47-48-50-52-54-56-58-60-62-64-66-68-70-72-74-76-78-85(88)94-83(82-93-95(89,90)92-80-79-86(3,4)5)81-91-84(87)77-75-73-71-69-67-65-63-61-59-57-55-53-51-49-37-35-33-31-29-27-25-23-21-19-17-15-13-11-9-7-2/h8,10,14,16,20,22,26,28,32,34,83H,6-7,9,11-13,15,17-19,21,23-25,27,29-31,33,35-82H2,1-5H3/b10-8-,16-14-,22-20-,28-26-,34-32-. The Morgan fingerprint density at radius 2 is 0.600 bits per heavy atom. The molecule has 9 nitrogen and oxygen atoms in total. The van der Waals surface area contributed by atoms with Crippen molar-refractivity contribution in [3.8, 4) is 0 Å². The lowest BCUT2D eigenvalue weighted by molar-refractivity contribution is -0.870. The number of unbranched alkanes of at least 4 members (excludes halogenated alkanes) is 54. The summed E-state index contributed by atoms with van der Waals surface area (Å²) in [5.41, 5.74) is 0. The Balaban J connectivity index is 3.88. The molecule has 0 fully saturated rings. The number of nitrogens with zero attached hydrogens (tertiary/aromatic N) is 1. The molecular formula is C85H160NO8P. The van der Waals surface area contributed by atoms with Gasteiger partial charge in [-0.05, 0) is 57.8 Å². The van der Waals surface area contributed by atoms with Crippen LogP contribution in [0.15, 0.2) is 60.8 Å². The second kappa shape index (κ2) is 75.9. The van der Waals surface area contributed by atoms with Gasteiger partial charge in [-0.1, -0.05) is 408 Å². The zero-order valence-electron chi connectivity index (χ0n) is 63.9. The second-order valence-corrected chi connectivity index (χ2v) is 30.9. The van der Waals surface area contributed by atoms with Crippen molar-refractivity contribution in [3.05, 3.63) is 60.8 Å². The van der Waals surface area contributed by atoms with Crippen molar-refractivity contribution >= 4 is 19.8 Å². The van der Waals surface area contributed by atoms with Gasteiger partial charge < -0.3 is 27.9 Å². The molecular weight excluding hydrogens is 1190 g/mol. The first kappa shape index (κ1) is 92.7. The van der Waals surface area contributed by atoms with Crippen LogP contribution in [0.1, 0.15) is 418 Å². The molecule has 0 aliphatic rings. The van der Waals surface area contributed by atoms with Gasteiger partial charge in [0, 0.05) is 12.8 Å². The van der Waals surface area contributed by atoms with Gasteiger partial charge in [-0.3, -0.25) is 14.2 Å². The Bertz CT molecular complexity index is 1790. The van der Waals surface area contributed by atoms with Crippen LogP contribution in [0, 0.1) is 0 Å². The van der Waals surface area contributed by atoms with Crippen molar-refractivity contribution in [1.29, 1.82) is 0 Å². The third-order valence-corrected chi connectivity index (χ3v) is 19.8. The number of carbonyl (C=O) groups excluding carboxylic acids is 2. The van der Waals surface area contributed by atoms with Gasteiger partial charge in [0.25, 0.3) is 7.82 Å². The number of likely N-dealkylation sites (N-methyl/N-ethyl adjacent to an activating group) is 1. The van der Waals surface area contributed by atoms with Gasteiger partial charge in [0.05, 0.1) is 27.7 Å². The molecule has 0 saturated heterocycles. The molecule has 0 aliphatic carbocycles. The lowest BCUT2D eigenvalue weighted by atomic mass is 10.0. The molecule has 0 amide bonds. The number of carbonyl (C=O) groups is 2. The molecule has 2 atom stereocenters. The fourth-order valence-corrected chi connectivity index (χ4v) is 13.2. The summed E-state index contributed by atoms with van der Waals surface area (Å²) in [6.07, 6.45) is 102. The van der Waals surface area contributed by atoms with E-state index in [0.717, 1.165) is 64.2 Å². The van der Waals surface area contributed by atoms with Gasteiger partial charge in [-0.15, -0.1) is 0 Å². The van der Waals surface area contributed by atoms with Crippen molar-refractivity contribution in [3.63, 3.8) is 0 Å². The highest BCUT2D eigenvalue weighted by molar-refractivity contribution is 7.45. The molecule has 0 aromatic heterocycles. The highest BCUT2D eigenvalue weighted by atomic mass is 31.2. The maximum absolute atomic E-state index is 12.9. The van der Waals surface area contributed by atoms with Crippen molar-refractivity contribution in [1.82, 2.24) is 0 Å². The summed E-state index contributed by atoms with van der Waals surface area (Å²) in [5.74, 6) is -0.806. The normalized spacial score (nSPS) is 13.3. The maximum atomic E-state index is 12.9. The number of phosphoric acid groups is 1. The van der Waals surface area contributed by atoms with Crippen LogP contribution < -0.4 is 4.89 Å². The van der Waals surface area contributed by atoms with E-state index in [1.165, 1.54) is 321 Å². The first-order chi connectivity index (χ1) is 46.5. The lowest BCUT2D eigenvalue weighted by Crippen LogP contribution is -2.37. The summed E-state index contributed by atoms with van der Waals surface area (Å²) in [7, 11) is 1.19. The smallest absolute Gasteiger partial charge is 0.306 e. The summed E-state index contributed by atoms with van der Waals surface area (Å²) in [4.78, 5) is 38.2. The molecule has 0 aromatic rings. The highest BCUT2D eigenvalue weighted by Gasteiger charge is 2.22. The van der Waals surface area contributed by atoms with Gasteiger partial charge >= 0.3 is 11.9 Å². The third kappa shape index (κ3) is 80.6. The molecule has 0 aromatic carbocycles. The van der Waals surface area contributed by atoms with Crippen LogP contribution in [-0.2, 0) is 32.7 Å². The third-order valence-electron chi connectivity index (χ3n) is 18.8. The maximum Gasteiger partial charge on any atom is 0.306 e. The van der Waals surface area contributed by atoms with E-state index in [1.807, 2.05) is 21.1 Å². The Morgan fingerprint density at radius 1 is 0.337 bits per heavy atom. The van der Waals surface area contributed by atoms with E-state index in [1.54, 1.807) is 0 Å². The SMILES string of the molecule is CC/C=C\C/C=C\C/C=C\C/C=C\C/C=C\CCCCCCCCCCCCCCCCCCCCCCCCCCCC(=O)OC(COC(=O)CCCCCCCCCCCCCCCCCCCCCCCCCCCCCCCC)COP(=O)([O-])OCC[N+](C)(C)C. The Labute approximate surface area is 591 Å². The number of esters is 2. The van der Waals surface area contributed by atoms with Crippen LogP contribution >= 0.6 is 7.82 Å². The topological polar surface area (TPSA) is 111 Å². The summed E-state index contributed by atoms with van der Waals surface area (Å²) in [6, 6.07) is 0. The highest BCUT2D eigenvalue weighted by Crippen LogP contribution is 2.38. The molecule has 0 aliphatic heterocycles. The molecule has 0 N–H and O–H groups in total. The van der Waals surface area contributed by atoms with E-state index in [2.05, 4.69) is 74.6 Å². The van der Waals surface area contributed by atoms with E-state index < -0.39 is 26.5 Å². The van der Waals surface area contributed by atoms with Crippen molar-refractivity contribution in [2.45, 2.75) is 424 Å². The Kier molecular flexibility index (Phi) is 74.1. The molecule has 2 unspecified atom stereocenters. The Morgan fingerprint density at radius 3 is 0.895 bits per heavy atom. The zero-order valence-corrected chi connectivity index (χ0v) is 64.8. The first-order valence-corrected chi connectivity index (χ1v) is 43.0. The van der Waals surface area contributed by atoms with Crippen molar-refractivity contribution in [2.75, 3.05) is 47.5 Å². The quantitative estimate of drug-likeness (QED) is 0.0195. The summed E-state index contributed by atoms with van der Waals surface area (Å²) in [5, 5.41) is 0. The molecule has 0 saturated carbocycles. The molecule has 10 heteroatoms. The number of allylic oxidation sites excluding steroid dienone is 10. The van der Waals surface area contributed by atoms with Gasteiger partial charge in [-0.25, -0.2) is 0 Å². The van der Waals surface area contributed by atoms with Gasteiger partial charge in [0.1, 0.15) is 19.8 Å². The molecule has 558 valence electrons. The monoisotopic (exact) mass is 1350 g/mol. The van der Waals surface area contributed by atoms with Gasteiger partial charge in [0.15, 0.2) is 6.10 Å². The number of hydrogen-bond donors (Lipinski definition) is 0. The van der Waals surface area contributed by atoms with Gasteiger partial charge in [0.2, 0.25) is 0 Å². The van der Waals surface area contributed by atoms with Crippen LogP contribution in [0.3, 0.4) is 0 Å². The van der Waals surface area contributed by atoms with Crippen LogP contribution in [0.2, 0.25) is 0 Å². The van der Waals surface area contributed by atoms with E-state index in [0.29, 0.717) is 17.4 Å². The van der Waals surface area contributed by atoms with E-state index in [-0.39, 0.29) is 32.0 Å². The summed E-state index contributed by atoms with van der Waals surface area (Å²) < 4.78 is 34.5. The average molecular weight is 1360 g/mol. The predicted octanol–water partition coefficient (Wildman–Crippen LogP) is 27.0. The molecule has 0 rings (SSSR count). The van der Waals surface area contributed by atoms with Crippen LogP contribution in [0.4, 0.5) is 0 Å². The molecule has 95 heavy (non-hydrogen) atoms. The summed E-state index contributed by atoms with van der Waals surface area (Å²) in [6.45, 7) is 4.21. The molecule has 0 spiro atoms. The van der Waals surface area contributed by atoms with E-state index in [4.69, 9.17) is 18.5 Å². The zero-order chi connectivity index (χ0) is 69.0. The minimum Gasteiger partial charge on any atom is -0.756 e. The van der Waals surface area contributed by atoms with E-state index in [9.17, 15) is 19.0 Å². The predicted molar refractivity (Wildman–Crippen MR) is 411 cm³/mol. The van der Waals surface area contributed by atoms with Crippen LogP contribution in [0.5, 0.6) is 0 Å². The van der Waals surface area contributed by atoms with Crippen LogP contribution in [0.25, 0.3) is 0 Å². The largest absolute Gasteiger partial charge is 0.756 e. The minimum atomic E-state index is -4.64. The average Bonchev–Trinajstić information content (AvgIpc) is 1.81. The molecule has 0 bridgehead atoms. The number of hydrogen-bond acceptors (Lipinski definition) is 8. The minimum absolute atomic E-state index is 0.0274. The summed E-state index contributed by atoms with van der Waals surface area (Å²) >= 11 is 0. The fourth-order valence-electron chi connectivity index (χ4n) is 12.5. The molecule has 0 radical (unpaired) electrons. The number of quaternary nitrogens is 1.